The van der Waals surface area contributed by atoms with Gasteiger partial charge in [-0.2, -0.15) is 0 Å². The maximum absolute atomic E-state index is 11.8. The van der Waals surface area contributed by atoms with Crippen molar-refractivity contribution in [3.63, 3.8) is 0 Å². The van der Waals surface area contributed by atoms with Crippen molar-refractivity contribution in [2.24, 2.45) is 0 Å². The minimum Gasteiger partial charge on any atom is -0.464 e. The number of hydrogen-bond acceptors (Lipinski definition) is 4. The molecule has 96 valence electrons. The predicted molar refractivity (Wildman–Crippen MR) is 70.2 cm³/mol. The standard InChI is InChI=1S/C13H17N3O2/c1-4-18-12(17)9(3)16-11-8(2)6-5-7-10(11)15-13(16)14/h5-7,9H,4H2,1-3H3,(H2,14,15). The molecule has 1 heterocycles. The van der Waals surface area contributed by atoms with Gasteiger partial charge in [-0.3, -0.25) is 4.57 Å². The lowest BCUT2D eigenvalue weighted by Crippen LogP contribution is -2.20. The Kier molecular flexibility index (Phi) is 3.23. The van der Waals surface area contributed by atoms with Gasteiger partial charge < -0.3 is 10.5 Å². The Hall–Kier alpha value is -2.04. The molecular weight excluding hydrogens is 230 g/mol. The highest BCUT2D eigenvalue weighted by atomic mass is 16.5. The smallest absolute Gasteiger partial charge is 0.328 e. The molecule has 0 bridgehead atoms. The van der Waals surface area contributed by atoms with Gasteiger partial charge in [0.1, 0.15) is 6.04 Å². The lowest BCUT2D eigenvalue weighted by Gasteiger charge is -2.15. The zero-order chi connectivity index (χ0) is 13.3. The Labute approximate surface area is 106 Å². The monoisotopic (exact) mass is 247 g/mol. The van der Waals surface area contributed by atoms with Gasteiger partial charge in [0.2, 0.25) is 5.95 Å². The van der Waals surface area contributed by atoms with E-state index < -0.39 is 6.04 Å². The fourth-order valence-corrected chi connectivity index (χ4v) is 2.10. The van der Waals surface area contributed by atoms with Gasteiger partial charge in [0.15, 0.2) is 0 Å². The molecule has 5 heteroatoms. The van der Waals surface area contributed by atoms with Crippen LogP contribution in [-0.2, 0) is 9.53 Å². The van der Waals surface area contributed by atoms with Crippen LogP contribution >= 0.6 is 0 Å². The van der Waals surface area contributed by atoms with E-state index >= 15 is 0 Å². The lowest BCUT2D eigenvalue weighted by atomic mass is 10.2. The molecule has 2 rings (SSSR count). The first-order valence-electron chi connectivity index (χ1n) is 5.96. The van der Waals surface area contributed by atoms with E-state index in [0.717, 1.165) is 16.6 Å². The highest BCUT2D eigenvalue weighted by molar-refractivity contribution is 5.85. The van der Waals surface area contributed by atoms with Crippen molar-refractivity contribution in [2.45, 2.75) is 26.8 Å². The van der Waals surface area contributed by atoms with E-state index in [1.54, 1.807) is 18.4 Å². The van der Waals surface area contributed by atoms with Crippen LogP contribution in [0, 0.1) is 6.92 Å². The summed E-state index contributed by atoms with van der Waals surface area (Å²) in [6, 6.07) is 5.30. The van der Waals surface area contributed by atoms with Crippen molar-refractivity contribution in [2.75, 3.05) is 12.3 Å². The number of hydrogen-bond donors (Lipinski definition) is 1. The molecule has 18 heavy (non-hydrogen) atoms. The van der Waals surface area contributed by atoms with E-state index in [9.17, 15) is 4.79 Å². The second-order valence-electron chi connectivity index (χ2n) is 4.21. The molecule has 2 aromatic rings. The number of ether oxygens (including phenoxy) is 1. The van der Waals surface area contributed by atoms with Gasteiger partial charge in [0.05, 0.1) is 17.6 Å². The van der Waals surface area contributed by atoms with Crippen LogP contribution in [0.4, 0.5) is 5.95 Å². The number of imidazole rings is 1. The van der Waals surface area contributed by atoms with E-state index in [-0.39, 0.29) is 5.97 Å². The SMILES string of the molecule is CCOC(=O)C(C)n1c(N)nc2cccc(C)c21. The summed E-state index contributed by atoms with van der Waals surface area (Å²) in [6.45, 7) is 5.87. The van der Waals surface area contributed by atoms with E-state index in [4.69, 9.17) is 10.5 Å². The average molecular weight is 247 g/mol. The second-order valence-corrected chi connectivity index (χ2v) is 4.21. The van der Waals surface area contributed by atoms with E-state index in [0.29, 0.717) is 12.6 Å². The van der Waals surface area contributed by atoms with Gasteiger partial charge in [0, 0.05) is 0 Å². The number of benzene rings is 1. The third-order valence-electron chi connectivity index (χ3n) is 2.95. The van der Waals surface area contributed by atoms with E-state index in [1.165, 1.54) is 0 Å². The minimum atomic E-state index is -0.476. The normalized spacial score (nSPS) is 12.6. The van der Waals surface area contributed by atoms with E-state index in [1.807, 2.05) is 25.1 Å². The number of aromatic nitrogens is 2. The molecule has 0 aliphatic carbocycles. The molecule has 1 unspecified atom stereocenters. The fraction of sp³-hybridized carbons (Fsp3) is 0.385. The van der Waals surface area contributed by atoms with Crippen molar-refractivity contribution < 1.29 is 9.53 Å². The summed E-state index contributed by atoms with van der Waals surface area (Å²) in [7, 11) is 0. The molecule has 1 aromatic carbocycles. The predicted octanol–water partition coefficient (Wildman–Crippen LogP) is 2.05. The highest BCUT2D eigenvalue weighted by Gasteiger charge is 2.22. The first-order chi connectivity index (χ1) is 8.56. The second kappa shape index (κ2) is 4.68. The lowest BCUT2D eigenvalue weighted by molar-refractivity contribution is -0.146. The van der Waals surface area contributed by atoms with Crippen LogP contribution in [0.1, 0.15) is 25.5 Å². The summed E-state index contributed by atoms with van der Waals surface area (Å²) in [5.41, 5.74) is 8.62. The third kappa shape index (κ3) is 1.92. The molecule has 0 amide bonds. The van der Waals surface area contributed by atoms with Gasteiger partial charge >= 0.3 is 5.97 Å². The maximum Gasteiger partial charge on any atom is 0.328 e. The summed E-state index contributed by atoms with van der Waals surface area (Å²) < 4.78 is 6.75. The van der Waals surface area contributed by atoms with Crippen molar-refractivity contribution in [3.05, 3.63) is 23.8 Å². The van der Waals surface area contributed by atoms with Crippen LogP contribution in [0.3, 0.4) is 0 Å². The van der Waals surface area contributed by atoms with Crippen LogP contribution < -0.4 is 5.73 Å². The number of para-hydroxylation sites is 1. The Bertz CT molecular complexity index is 589. The van der Waals surface area contributed by atoms with Crippen molar-refractivity contribution in [1.82, 2.24) is 9.55 Å². The van der Waals surface area contributed by atoms with Crippen molar-refractivity contribution in [1.29, 1.82) is 0 Å². The molecular formula is C13H17N3O2. The molecule has 2 N–H and O–H groups in total. The first-order valence-corrected chi connectivity index (χ1v) is 5.96. The van der Waals surface area contributed by atoms with Gasteiger partial charge in [-0.1, -0.05) is 12.1 Å². The van der Waals surface area contributed by atoms with Crippen molar-refractivity contribution in [3.8, 4) is 0 Å². The largest absolute Gasteiger partial charge is 0.464 e. The summed E-state index contributed by atoms with van der Waals surface area (Å²) in [4.78, 5) is 16.1. The number of aryl methyl sites for hydroxylation is 1. The molecule has 0 saturated carbocycles. The fourth-order valence-electron chi connectivity index (χ4n) is 2.10. The van der Waals surface area contributed by atoms with Crippen molar-refractivity contribution >= 4 is 23.0 Å². The summed E-state index contributed by atoms with van der Waals surface area (Å²) in [5, 5.41) is 0. The number of nitrogens with two attached hydrogens (primary N) is 1. The Balaban J connectivity index is 2.56. The molecule has 5 nitrogen and oxygen atoms in total. The number of anilines is 1. The van der Waals surface area contributed by atoms with E-state index in [2.05, 4.69) is 4.98 Å². The quantitative estimate of drug-likeness (QED) is 0.843. The number of fused-ring (bicyclic) bond motifs is 1. The Morgan fingerprint density at radius 2 is 2.28 bits per heavy atom. The molecule has 0 aliphatic rings. The number of carbonyl (C=O) groups excluding carboxylic acids is 1. The van der Waals surface area contributed by atoms with Crippen LogP contribution in [0.2, 0.25) is 0 Å². The molecule has 1 aromatic heterocycles. The first kappa shape index (κ1) is 12.4. The summed E-state index contributed by atoms with van der Waals surface area (Å²) >= 11 is 0. The zero-order valence-electron chi connectivity index (χ0n) is 10.8. The van der Waals surface area contributed by atoms with Gasteiger partial charge in [-0.25, -0.2) is 9.78 Å². The average Bonchev–Trinajstić information content (AvgIpc) is 2.66. The number of nitrogen functional groups attached to an aromatic ring is 1. The zero-order valence-corrected chi connectivity index (χ0v) is 10.8. The summed E-state index contributed by atoms with van der Waals surface area (Å²) in [6.07, 6.45) is 0. The topological polar surface area (TPSA) is 70.1 Å². The Morgan fingerprint density at radius 1 is 1.56 bits per heavy atom. The highest BCUT2D eigenvalue weighted by Crippen LogP contribution is 2.26. The summed E-state index contributed by atoms with van der Waals surface area (Å²) in [5.74, 6) is 0.0339. The molecule has 1 atom stereocenters. The maximum atomic E-state index is 11.8. The molecule has 0 saturated heterocycles. The number of carbonyl (C=O) groups is 1. The Morgan fingerprint density at radius 3 is 2.94 bits per heavy atom. The third-order valence-corrected chi connectivity index (χ3v) is 2.95. The number of rotatable bonds is 3. The van der Waals surface area contributed by atoms with Gasteiger partial charge in [-0.05, 0) is 32.4 Å². The van der Waals surface area contributed by atoms with Gasteiger partial charge in [0.25, 0.3) is 0 Å². The number of nitrogens with zero attached hydrogens (tertiary/aromatic N) is 2. The minimum absolute atomic E-state index is 0.299. The van der Waals surface area contributed by atoms with Crippen LogP contribution in [0.25, 0.3) is 11.0 Å². The molecule has 0 spiro atoms. The van der Waals surface area contributed by atoms with Gasteiger partial charge in [-0.15, -0.1) is 0 Å². The molecule has 0 fully saturated rings. The van der Waals surface area contributed by atoms with Crippen LogP contribution in [0.5, 0.6) is 0 Å². The van der Waals surface area contributed by atoms with Crippen LogP contribution in [0.15, 0.2) is 18.2 Å². The number of esters is 1. The molecule has 0 radical (unpaired) electrons. The van der Waals surface area contributed by atoms with Crippen LogP contribution in [-0.4, -0.2) is 22.1 Å². The molecule has 0 aliphatic heterocycles.